The summed E-state index contributed by atoms with van der Waals surface area (Å²) in [6.45, 7) is 35.6. The quantitative estimate of drug-likeness (QED) is 0.0877. The fraction of sp³-hybridized carbons (Fsp3) is 0.368. The summed E-state index contributed by atoms with van der Waals surface area (Å²) in [6, 6.07) is 45.0. The molecule has 0 radical (unpaired) electrons. The number of hydrazine groups is 1. The molecule has 7 aromatic rings. The molecule has 3 heterocycles. The Bertz CT molecular complexity index is 3650. The molecule has 2 fully saturated rings. The second-order valence-electron chi connectivity index (χ2n) is 23.3. The highest BCUT2D eigenvalue weighted by Crippen LogP contribution is 2.47. The van der Waals surface area contributed by atoms with E-state index in [0.29, 0.717) is 53.3 Å². The van der Waals surface area contributed by atoms with Crippen LogP contribution < -0.4 is 20.3 Å². The zero-order valence-electron chi connectivity index (χ0n) is 50.4. The molecule has 6 aromatic carbocycles. The fourth-order valence-corrected chi connectivity index (χ4v) is 11.9. The third-order valence-electron chi connectivity index (χ3n) is 16.0. The predicted octanol–water partition coefficient (Wildman–Crippen LogP) is 13.6. The van der Waals surface area contributed by atoms with Gasteiger partial charge < -0.3 is 23.4 Å². The van der Waals surface area contributed by atoms with Gasteiger partial charge in [0, 0.05) is 42.3 Å². The van der Waals surface area contributed by atoms with Crippen molar-refractivity contribution in [2.45, 2.75) is 149 Å². The molecule has 2 amide bonds. The number of fused-ring (bicyclic) bond motifs is 2. The van der Waals surface area contributed by atoms with Gasteiger partial charge in [-0.05, 0) is 188 Å². The standard InChI is InChI=1S/C33H36N4O4.C33H34N4O3.C2H3N.2H2S/c1-22(2)41-29-14-13-26(18-28(29)34-5)31(39)36-35-30(38)25-12-11-24-15-16-33(19-27(24)17-25)21-40-32(3,4)37(33)20-23-9-7-6-8-10-23;1-22(2)39-29-14-13-26(18-28(29)34-5)31-36-35-30(40-31)25-12-11-24-15-16-33(19-27(24)17-25)21-38-32(3,4)37(33)20-23-9-7-6-8-10-23;1-2-3;;/h6-14,17-18,22H,15-16,19-21H2,1-4H3,(H,35,38)(H,36,39);6-14,17-18,22H,15-16,19-21H2,1-4H3;1H3;2*1H2/t2*33-;;;/m00.../s1. The molecule has 4 aliphatic rings. The first-order valence-electron chi connectivity index (χ1n) is 28.5. The number of nitrogens with zero attached hydrogens (tertiary/aromatic N) is 7. The molecule has 448 valence electrons. The summed E-state index contributed by atoms with van der Waals surface area (Å²) in [6.07, 6.45) is 5.50. The van der Waals surface area contributed by atoms with Crippen LogP contribution in [-0.2, 0) is 48.2 Å². The van der Waals surface area contributed by atoms with Gasteiger partial charge in [-0.15, -0.1) is 10.2 Å². The molecule has 2 N–H and O–H groups in total. The van der Waals surface area contributed by atoms with Crippen molar-refractivity contribution in [3.63, 3.8) is 0 Å². The van der Waals surface area contributed by atoms with Gasteiger partial charge in [-0.2, -0.15) is 32.3 Å². The maximum absolute atomic E-state index is 13.1. The minimum absolute atomic E-state index is 0. The summed E-state index contributed by atoms with van der Waals surface area (Å²) in [7, 11) is 0. The number of nitrogens with one attached hydrogen (secondary N) is 2. The van der Waals surface area contributed by atoms with Crippen LogP contribution in [0.25, 0.3) is 32.6 Å². The summed E-state index contributed by atoms with van der Waals surface area (Å²) in [5, 5.41) is 16.0. The smallest absolute Gasteiger partial charge is 0.269 e. The number of aromatic nitrogens is 2. The molecule has 2 saturated heterocycles. The minimum atomic E-state index is -0.516. The number of rotatable bonds is 12. The maximum Gasteiger partial charge on any atom is 0.269 e. The van der Waals surface area contributed by atoms with E-state index in [-0.39, 0.29) is 67.3 Å². The normalized spacial score (nSPS) is 18.7. The van der Waals surface area contributed by atoms with Crippen LogP contribution in [0.2, 0.25) is 0 Å². The monoisotopic (exact) mass is 1200 g/mol. The zero-order valence-corrected chi connectivity index (χ0v) is 52.4. The molecule has 86 heavy (non-hydrogen) atoms. The Balaban J connectivity index is 0.000000230. The van der Waals surface area contributed by atoms with E-state index in [1.54, 1.807) is 36.4 Å². The van der Waals surface area contributed by atoms with E-state index in [1.165, 1.54) is 40.8 Å². The van der Waals surface area contributed by atoms with E-state index in [9.17, 15) is 9.59 Å². The summed E-state index contributed by atoms with van der Waals surface area (Å²) in [4.78, 5) is 37.9. The predicted molar refractivity (Wildman–Crippen MR) is 343 cm³/mol. The van der Waals surface area contributed by atoms with Crippen LogP contribution in [0.5, 0.6) is 11.5 Å². The highest BCUT2D eigenvalue weighted by atomic mass is 32.1. The van der Waals surface area contributed by atoms with Crippen LogP contribution in [0.15, 0.2) is 138 Å². The number of carbonyl (C=O) groups excluding carboxylic acids is 2. The lowest BCUT2D eigenvalue weighted by molar-refractivity contribution is -0.0676. The fourth-order valence-electron chi connectivity index (χ4n) is 11.9. The van der Waals surface area contributed by atoms with Crippen molar-refractivity contribution < 1.29 is 33.0 Å². The molecule has 2 spiro atoms. The minimum Gasteiger partial charge on any atom is -0.502 e. The Labute approximate surface area is 519 Å². The van der Waals surface area contributed by atoms with Crippen LogP contribution in [0, 0.1) is 24.5 Å². The molecule has 18 heteroatoms. The van der Waals surface area contributed by atoms with Gasteiger partial charge in [0.05, 0.1) is 55.7 Å². The third kappa shape index (κ3) is 14.8. The third-order valence-corrected chi connectivity index (χ3v) is 16.0. The van der Waals surface area contributed by atoms with Crippen molar-refractivity contribution in [1.82, 2.24) is 30.8 Å². The molecule has 0 saturated carbocycles. The van der Waals surface area contributed by atoms with Crippen molar-refractivity contribution >= 4 is 50.2 Å². The lowest BCUT2D eigenvalue weighted by Gasteiger charge is -2.45. The number of hydrogen-bond donors (Lipinski definition) is 2. The lowest BCUT2D eigenvalue weighted by Crippen LogP contribution is -2.54. The van der Waals surface area contributed by atoms with Gasteiger partial charge in [0.25, 0.3) is 11.8 Å². The first-order chi connectivity index (χ1) is 40.3. The Morgan fingerprint density at radius 1 is 0.605 bits per heavy atom. The lowest BCUT2D eigenvalue weighted by atomic mass is 9.76. The van der Waals surface area contributed by atoms with Crippen molar-refractivity contribution in [3.8, 4) is 40.5 Å². The number of nitriles is 1. The topological polar surface area (TPSA) is 173 Å². The van der Waals surface area contributed by atoms with Gasteiger partial charge in [0.2, 0.25) is 23.2 Å². The number of amides is 2. The van der Waals surface area contributed by atoms with E-state index in [0.717, 1.165) is 62.7 Å². The van der Waals surface area contributed by atoms with Crippen molar-refractivity contribution in [3.05, 3.63) is 201 Å². The average molecular weight is 1200 g/mol. The molecular formula is C68H77N9O7S2. The molecule has 1 aromatic heterocycles. The van der Waals surface area contributed by atoms with E-state index in [4.69, 9.17) is 41.8 Å². The number of ether oxygens (including phenoxy) is 4. The van der Waals surface area contributed by atoms with E-state index in [1.807, 2.05) is 52.0 Å². The van der Waals surface area contributed by atoms with Crippen LogP contribution in [-0.4, -0.2) is 79.8 Å². The summed E-state index contributed by atoms with van der Waals surface area (Å²) in [5.74, 6) is 0.894. The maximum atomic E-state index is 13.1. The zero-order chi connectivity index (χ0) is 59.8. The Kier molecular flexibility index (Phi) is 21.4. The molecule has 2 aliphatic carbocycles. The van der Waals surface area contributed by atoms with Gasteiger partial charge in [-0.3, -0.25) is 30.2 Å². The number of benzene rings is 6. The van der Waals surface area contributed by atoms with Crippen LogP contribution in [0.1, 0.15) is 129 Å². The van der Waals surface area contributed by atoms with E-state index >= 15 is 0 Å². The number of carbonyl (C=O) groups is 2. The first-order valence-corrected chi connectivity index (χ1v) is 28.5. The van der Waals surface area contributed by atoms with Crippen molar-refractivity contribution in [2.24, 2.45) is 0 Å². The molecular weight excluding hydrogens is 1120 g/mol. The summed E-state index contributed by atoms with van der Waals surface area (Å²) < 4.78 is 30.2. The average Bonchev–Trinajstić information content (AvgIpc) is 2.08. The largest absolute Gasteiger partial charge is 0.502 e. The number of hydrogen-bond acceptors (Lipinski definition) is 12. The Hall–Kier alpha value is -7.99. The molecule has 16 nitrogen and oxygen atoms in total. The first kappa shape index (κ1) is 65.6. The highest BCUT2D eigenvalue weighted by Gasteiger charge is 2.54. The van der Waals surface area contributed by atoms with Crippen LogP contribution in [0.4, 0.5) is 11.4 Å². The molecule has 11 rings (SSSR count). The van der Waals surface area contributed by atoms with E-state index in [2.05, 4.69) is 141 Å². The number of aryl methyl sites for hydroxylation is 2. The van der Waals surface area contributed by atoms with Crippen LogP contribution in [0.3, 0.4) is 0 Å². The summed E-state index contributed by atoms with van der Waals surface area (Å²) in [5.41, 5.74) is 14.5. The highest BCUT2D eigenvalue weighted by molar-refractivity contribution is 7.59. The van der Waals surface area contributed by atoms with Gasteiger partial charge >= 0.3 is 0 Å². The molecule has 2 aliphatic heterocycles. The Morgan fingerprint density at radius 2 is 1.01 bits per heavy atom. The second kappa shape index (κ2) is 28.0. The van der Waals surface area contributed by atoms with Crippen molar-refractivity contribution in [2.75, 3.05) is 13.2 Å². The van der Waals surface area contributed by atoms with Gasteiger partial charge in [0.1, 0.15) is 22.9 Å². The van der Waals surface area contributed by atoms with Gasteiger partial charge in [-0.25, -0.2) is 9.69 Å². The van der Waals surface area contributed by atoms with Gasteiger partial charge in [-0.1, -0.05) is 72.8 Å². The second-order valence-corrected chi connectivity index (χ2v) is 23.3. The van der Waals surface area contributed by atoms with Gasteiger partial charge in [0.15, 0.2) is 0 Å². The molecule has 0 bridgehead atoms. The molecule has 2 atom stereocenters. The SMILES string of the molecule is CC#N.S.S.[C-]#[N+]c1cc(-c2nnc(-c3ccc4c(c3)C[C@@]3(CC4)COC(C)(C)N3Cc3ccccc3)o2)ccc1OC(C)C.[C-]#[N+]c1cc(C(=O)NNC(=O)c2ccc3c(c2)C[C@@]2(CC3)COC(C)(C)N2Cc2ccccc2)ccc1OC(C)C. The van der Waals surface area contributed by atoms with E-state index < -0.39 is 17.5 Å². The summed E-state index contributed by atoms with van der Waals surface area (Å²) >= 11 is 0. The van der Waals surface area contributed by atoms with Crippen LogP contribution >= 0.6 is 27.0 Å². The molecule has 0 unspecified atom stereocenters. The Morgan fingerprint density at radius 3 is 1.49 bits per heavy atom. The van der Waals surface area contributed by atoms with Crippen molar-refractivity contribution in [1.29, 1.82) is 5.26 Å².